The molecule has 1 aliphatic heterocycles. The van der Waals surface area contributed by atoms with Crippen LogP contribution >= 0.6 is 0 Å². The van der Waals surface area contributed by atoms with E-state index in [2.05, 4.69) is 24.0 Å². The predicted molar refractivity (Wildman–Crippen MR) is 61.0 cm³/mol. The first-order valence-corrected chi connectivity index (χ1v) is 7.68. The van der Waals surface area contributed by atoms with Crippen LogP contribution in [0.1, 0.15) is 12.8 Å². The van der Waals surface area contributed by atoms with Crippen LogP contribution in [0.25, 0.3) is 0 Å². The molecule has 1 heteroatoms. The first-order chi connectivity index (χ1) is 6.33. The van der Waals surface area contributed by atoms with Crippen LogP contribution in [0.15, 0.2) is 12.2 Å². The molecule has 0 aliphatic carbocycles. The Kier molecular flexibility index (Phi) is 3.87. The standard InChI is InChI=1S/C12H16Si/c1-3-9-13(10-4-2)11-7-5-6-8-12-13/h1-2,5,7H,6,8-12H2. The van der Waals surface area contributed by atoms with Crippen molar-refractivity contribution in [2.24, 2.45) is 0 Å². The second-order valence-corrected chi connectivity index (χ2v) is 8.44. The van der Waals surface area contributed by atoms with Crippen LogP contribution in [0.4, 0.5) is 0 Å². The van der Waals surface area contributed by atoms with Gasteiger partial charge in [0.2, 0.25) is 0 Å². The molecule has 1 aliphatic rings. The third kappa shape index (κ3) is 2.79. The van der Waals surface area contributed by atoms with Gasteiger partial charge in [0.1, 0.15) is 0 Å². The van der Waals surface area contributed by atoms with Crippen molar-refractivity contribution >= 4 is 8.07 Å². The highest BCUT2D eigenvalue weighted by Gasteiger charge is 2.30. The fourth-order valence-electron chi connectivity index (χ4n) is 1.96. The minimum Gasteiger partial charge on any atom is -0.120 e. The van der Waals surface area contributed by atoms with Gasteiger partial charge in [-0.3, -0.25) is 0 Å². The molecule has 0 nitrogen and oxygen atoms in total. The Hall–Kier alpha value is -0.923. The Balaban J connectivity index is 2.70. The van der Waals surface area contributed by atoms with Crippen LogP contribution in [0.5, 0.6) is 0 Å². The average Bonchev–Trinajstić information content (AvgIpc) is 2.32. The molecule has 0 saturated carbocycles. The number of terminal acetylenes is 2. The van der Waals surface area contributed by atoms with E-state index in [1.807, 2.05) is 0 Å². The third-order valence-electron chi connectivity index (χ3n) is 2.75. The van der Waals surface area contributed by atoms with Crippen LogP contribution in [-0.4, -0.2) is 8.07 Å². The van der Waals surface area contributed by atoms with E-state index in [1.165, 1.54) is 24.9 Å². The molecule has 13 heavy (non-hydrogen) atoms. The molecule has 0 aromatic heterocycles. The number of hydrogen-bond acceptors (Lipinski definition) is 0. The van der Waals surface area contributed by atoms with Crippen LogP contribution < -0.4 is 0 Å². The molecule has 1 rings (SSSR count). The average molecular weight is 188 g/mol. The molecule has 0 aromatic carbocycles. The highest BCUT2D eigenvalue weighted by molar-refractivity contribution is 6.81. The third-order valence-corrected chi connectivity index (χ3v) is 7.17. The minimum atomic E-state index is -1.29. The molecule has 0 N–H and O–H groups in total. The Labute approximate surface area is 82.4 Å². The first kappa shape index (κ1) is 10.2. The largest absolute Gasteiger partial charge is 0.120 e. The fraction of sp³-hybridized carbons (Fsp3) is 0.500. The van der Waals surface area contributed by atoms with Crippen LogP contribution in [0, 0.1) is 24.7 Å². The van der Waals surface area contributed by atoms with Gasteiger partial charge in [0.15, 0.2) is 0 Å². The Morgan fingerprint density at radius 1 is 1.15 bits per heavy atom. The zero-order valence-electron chi connectivity index (χ0n) is 8.05. The van der Waals surface area contributed by atoms with E-state index in [9.17, 15) is 0 Å². The maximum atomic E-state index is 5.42. The summed E-state index contributed by atoms with van der Waals surface area (Å²) < 4.78 is 0. The lowest BCUT2D eigenvalue weighted by Gasteiger charge is -2.25. The van der Waals surface area contributed by atoms with Gasteiger partial charge in [-0.2, -0.15) is 0 Å². The molecular formula is C12H16Si. The Morgan fingerprint density at radius 2 is 1.85 bits per heavy atom. The van der Waals surface area contributed by atoms with Gasteiger partial charge in [-0.15, -0.1) is 24.7 Å². The van der Waals surface area contributed by atoms with Crippen molar-refractivity contribution in [3.05, 3.63) is 12.2 Å². The van der Waals surface area contributed by atoms with Crippen molar-refractivity contribution in [1.82, 2.24) is 0 Å². The van der Waals surface area contributed by atoms with Crippen molar-refractivity contribution in [3.8, 4) is 24.7 Å². The van der Waals surface area contributed by atoms with E-state index < -0.39 is 8.07 Å². The van der Waals surface area contributed by atoms with Crippen molar-refractivity contribution in [2.45, 2.75) is 37.0 Å². The topological polar surface area (TPSA) is 0 Å². The van der Waals surface area contributed by atoms with E-state index in [1.54, 1.807) is 0 Å². The monoisotopic (exact) mass is 188 g/mol. The van der Waals surface area contributed by atoms with Crippen molar-refractivity contribution in [2.75, 3.05) is 0 Å². The summed E-state index contributed by atoms with van der Waals surface area (Å²) >= 11 is 0. The van der Waals surface area contributed by atoms with Crippen molar-refractivity contribution in [3.63, 3.8) is 0 Å². The normalized spacial score (nSPS) is 19.8. The van der Waals surface area contributed by atoms with Gasteiger partial charge in [-0.25, -0.2) is 0 Å². The first-order valence-electron chi connectivity index (χ1n) is 4.85. The summed E-state index contributed by atoms with van der Waals surface area (Å²) in [5, 5.41) is 0. The summed E-state index contributed by atoms with van der Waals surface area (Å²) in [6.07, 6.45) is 17.9. The molecule has 0 bridgehead atoms. The maximum absolute atomic E-state index is 5.42. The molecule has 0 spiro atoms. The molecule has 0 saturated heterocycles. The van der Waals surface area contributed by atoms with E-state index in [-0.39, 0.29) is 0 Å². The predicted octanol–water partition coefficient (Wildman–Crippen LogP) is 3.05. The second kappa shape index (κ2) is 4.95. The lowest BCUT2D eigenvalue weighted by atomic mass is 10.3. The SMILES string of the molecule is C#CC[Si]1(CC#C)CC=CCCC1. The van der Waals surface area contributed by atoms with Gasteiger partial charge in [-0.05, 0) is 12.5 Å². The molecule has 68 valence electrons. The number of hydrogen-bond donors (Lipinski definition) is 0. The molecule has 0 atom stereocenters. The summed E-state index contributed by atoms with van der Waals surface area (Å²) in [7, 11) is -1.29. The molecular weight excluding hydrogens is 172 g/mol. The highest BCUT2D eigenvalue weighted by atomic mass is 28.3. The Morgan fingerprint density at radius 3 is 2.46 bits per heavy atom. The van der Waals surface area contributed by atoms with Gasteiger partial charge in [0.25, 0.3) is 0 Å². The zero-order chi connectivity index (χ0) is 9.57. The van der Waals surface area contributed by atoms with Gasteiger partial charge in [0.05, 0.1) is 8.07 Å². The van der Waals surface area contributed by atoms with E-state index in [0.717, 1.165) is 12.1 Å². The fourth-order valence-corrected chi connectivity index (χ4v) is 5.42. The molecule has 0 aromatic rings. The molecule has 0 unspecified atom stereocenters. The lowest BCUT2D eigenvalue weighted by Crippen LogP contribution is -2.31. The smallest absolute Gasteiger partial charge is 0.0825 e. The van der Waals surface area contributed by atoms with E-state index >= 15 is 0 Å². The van der Waals surface area contributed by atoms with Gasteiger partial charge < -0.3 is 0 Å². The molecule has 0 radical (unpaired) electrons. The Bertz CT molecular complexity index is 246. The van der Waals surface area contributed by atoms with Gasteiger partial charge in [-0.1, -0.05) is 24.6 Å². The lowest BCUT2D eigenvalue weighted by molar-refractivity contribution is 0.937. The maximum Gasteiger partial charge on any atom is 0.0825 e. The quantitative estimate of drug-likeness (QED) is 0.355. The van der Waals surface area contributed by atoms with E-state index in [0.29, 0.717) is 0 Å². The highest BCUT2D eigenvalue weighted by Crippen LogP contribution is 2.30. The minimum absolute atomic E-state index is 0.960. The number of allylic oxidation sites excluding steroid dienone is 2. The van der Waals surface area contributed by atoms with Crippen LogP contribution in [0.3, 0.4) is 0 Å². The van der Waals surface area contributed by atoms with Crippen LogP contribution in [0.2, 0.25) is 24.2 Å². The summed E-state index contributed by atoms with van der Waals surface area (Å²) in [6, 6.07) is 4.43. The summed E-state index contributed by atoms with van der Waals surface area (Å²) in [4.78, 5) is 0. The molecule has 0 fully saturated rings. The second-order valence-electron chi connectivity index (χ2n) is 3.83. The summed E-state index contributed by atoms with van der Waals surface area (Å²) in [5.74, 6) is 5.65. The van der Waals surface area contributed by atoms with Crippen molar-refractivity contribution in [1.29, 1.82) is 0 Å². The van der Waals surface area contributed by atoms with Crippen LogP contribution in [-0.2, 0) is 0 Å². The summed E-state index contributed by atoms with van der Waals surface area (Å²) in [6.45, 7) is 0. The number of rotatable bonds is 2. The molecule has 1 heterocycles. The van der Waals surface area contributed by atoms with Crippen molar-refractivity contribution < 1.29 is 0 Å². The molecule has 0 amide bonds. The van der Waals surface area contributed by atoms with Gasteiger partial charge in [0, 0.05) is 12.1 Å². The van der Waals surface area contributed by atoms with E-state index in [4.69, 9.17) is 12.8 Å². The van der Waals surface area contributed by atoms with Gasteiger partial charge >= 0.3 is 0 Å². The summed E-state index contributed by atoms with van der Waals surface area (Å²) in [5.41, 5.74) is 0. The zero-order valence-corrected chi connectivity index (χ0v) is 9.05.